The topological polar surface area (TPSA) is 27.0 Å². The van der Waals surface area contributed by atoms with E-state index in [1.807, 2.05) is 7.05 Å². The monoisotopic (exact) mass is 244 g/mol. The molecule has 0 fully saturated rings. The van der Waals surface area contributed by atoms with Crippen molar-refractivity contribution in [2.45, 2.75) is 39.7 Å². The third-order valence-corrected chi connectivity index (χ3v) is 3.14. The SMILES string of the molecule is CC(C)CN(C)C(C#N)c1ccc(C(C)C)cc1. The number of nitrogens with zero attached hydrogens (tertiary/aromatic N) is 2. The van der Waals surface area contributed by atoms with E-state index in [0.29, 0.717) is 11.8 Å². The van der Waals surface area contributed by atoms with Crippen LogP contribution in [-0.4, -0.2) is 18.5 Å². The molecule has 1 atom stereocenters. The van der Waals surface area contributed by atoms with Gasteiger partial charge in [0.1, 0.15) is 6.04 Å². The minimum absolute atomic E-state index is 0.145. The van der Waals surface area contributed by atoms with Gasteiger partial charge in [0.25, 0.3) is 0 Å². The van der Waals surface area contributed by atoms with Crippen molar-refractivity contribution in [1.29, 1.82) is 5.26 Å². The summed E-state index contributed by atoms with van der Waals surface area (Å²) in [4.78, 5) is 2.12. The van der Waals surface area contributed by atoms with Crippen LogP contribution in [0.4, 0.5) is 0 Å². The van der Waals surface area contributed by atoms with Crippen LogP contribution in [0.5, 0.6) is 0 Å². The molecule has 0 aromatic heterocycles. The average Bonchev–Trinajstić information content (AvgIpc) is 2.29. The molecule has 0 saturated heterocycles. The van der Waals surface area contributed by atoms with Gasteiger partial charge >= 0.3 is 0 Å². The lowest BCUT2D eigenvalue weighted by atomic mass is 9.99. The molecule has 0 saturated carbocycles. The normalized spacial score (nSPS) is 13.1. The van der Waals surface area contributed by atoms with Gasteiger partial charge in [-0.15, -0.1) is 0 Å². The fourth-order valence-electron chi connectivity index (χ4n) is 2.17. The molecule has 0 aliphatic heterocycles. The second-order valence-electron chi connectivity index (χ2n) is 5.69. The molecule has 0 heterocycles. The molecule has 0 aliphatic carbocycles. The highest BCUT2D eigenvalue weighted by atomic mass is 15.1. The molecule has 18 heavy (non-hydrogen) atoms. The van der Waals surface area contributed by atoms with Crippen molar-refractivity contribution in [3.05, 3.63) is 35.4 Å². The predicted octanol–water partition coefficient (Wildman–Crippen LogP) is 3.96. The summed E-state index contributed by atoms with van der Waals surface area (Å²) in [5.41, 5.74) is 2.41. The first-order valence-corrected chi connectivity index (χ1v) is 6.65. The minimum atomic E-state index is -0.145. The Morgan fingerprint density at radius 3 is 1.94 bits per heavy atom. The van der Waals surface area contributed by atoms with Crippen molar-refractivity contribution in [2.75, 3.05) is 13.6 Å². The van der Waals surface area contributed by atoms with Gasteiger partial charge < -0.3 is 0 Å². The number of rotatable bonds is 5. The second kappa shape index (κ2) is 6.56. The summed E-state index contributed by atoms with van der Waals surface area (Å²) in [6.45, 7) is 9.65. The van der Waals surface area contributed by atoms with Crippen molar-refractivity contribution in [3.63, 3.8) is 0 Å². The van der Waals surface area contributed by atoms with Gasteiger partial charge in [0.05, 0.1) is 6.07 Å². The number of nitriles is 1. The summed E-state index contributed by atoms with van der Waals surface area (Å²) >= 11 is 0. The largest absolute Gasteiger partial charge is 0.287 e. The van der Waals surface area contributed by atoms with Crippen LogP contribution in [-0.2, 0) is 0 Å². The molecule has 0 bridgehead atoms. The highest BCUT2D eigenvalue weighted by Gasteiger charge is 2.17. The lowest BCUT2D eigenvalue weighted by Crippen LogP contribution is -2.27. The first-order valence-electron chi connectivity index (χ1n) is 6.65. The van der Waals surface area contributed by atoms with Gasteiger partial charge in [-0.2, -0.15) is 5.26 Å². The Labute approximate surface area is 111 Å². The predicted molar refractivity (Wildman–Crippen MR) is 76.4 cm³/mol. The van der Waals surface area contributed by atoms with E-state index in [4.69, 9.17) is 0 Å². The Kier molecular flexibility index (Phi) is 5.37. The van der Waals surface area contributed by atoms with E-state index in [9.17, 15) is 5.26 Å². The van der Waals surface area contributed by atoms with E-state index < -0.39 is 0 Å². The van der Waals surface area contributed by atoms with Crippen LogP contribution in [0, 0.1) is 17.2 Å². The molecule has 1 aromatic rings. The van der Waals surface area contributed by atoms with Crippen LogP contribution in [0.3, 0.4) is 0 Å². The minimum Gasteiger partial charge on any atom is -0.287 e. The Morgan fingerprint density at radius 1 is 1.06 bits per heavy atom. The number of hydrogen-bond acceptors (Lipinski definition) is 2. The second-order valence-corrected chi connectivity index (χ2v) is 5.69. The molecule has 0 aliphatic rings. The maximum atomic E-state index is 9.35. The van der Waals surface area contributed by atoms with Crippen LogP contribution >= 0.6 is 0 Å². The first kappa shape index (κ1) is 14.7. The molecule has 98 valence electrons. The van der Waals surface area contributed by atoms with Crippen LogP contribution in [0.1, 0.15) is 50.8 Å². The lowest BCUT2D eigenvalue weighted by Gasteiger charge is -2.24. The number of benzene rings is 1. The van der Waals surface area contributed by atoms with Gasteiger partial charge in [-0.1, -0.05) is 52.0 Å². The molecule has 0 N–H and O–H groups in total. The molecular weight excluding hydrogens is 220 g/mol. The van der Waals surface area contributed by atoms with Crippen LogP contribution in [0.15, 0.2) is 24.3 Å². The highest BCUT2D eigenvalue weighted by molar-refractivity contribution is 5.29. The molecule has 1 rings (SSSR count). The Hall–Kier alpha value is -1.33. The fourth-order valence-corrected chi connectivity index (χ4v) is 2.17. The summed E-state index contributed by atoms with van der Waals surface area (Å²) in [6, 6.07) is 10.7. The van der Waals surface area contributed by atoms with E-state index in [2.05, 4.69) is 62.9 Å². The maximum Gasteiger partial charge on any atom is 0.123 e. The molecule has 2 nitrogen and oxygen atoms in total. The van der Waals surface area contributed by atoms with Crippen molar-refractivity contribution in [1.82, 2.24) is 4.90 Å². The third-order valence-electron chi connectivity index (χ3n) is 3.14. The summed E-state index contributed by atoms with van der Waals surface area (Å²) in [6.07, 6.45) is 0. The van der Waals surface area contributed by atoms with Crippen LogP contribution in [0.2, 0.25) is 0 Å². The summed E-state index contributed by atoms with van der Waals surface area (Å²) in [5.74, 6) is 1.11. The average molecular weight is 244 g/mol. The van der Waals surface area contributed by atoms with Gasteiger partial charge in [-0.3, -0.25) is 4.90 Å². The van der Waals surface area contributed by atoms with E-state index >= 15 is 0 Å². The molecule has 1 aromatic carbocycles. The Morgan fingerprint density at radius 2 is 1.56 bits per heavy atom. The summed E-state index contributed by atoms with van der Waals surface area (Å²) in [7, 11) is 2.02. The maximum absolute atomic E-state index is 9.35. The standard InChI is InChI=1S/C16H24N2/c1-12(2)11-18(5)16(10-17)15-8-6-14(7-9-15)13(3)4/h6-9,12-13,16H,11H2,1-5H3. The van der Waals surface area contributed by atoms with Gasteiger partial charge in [0.15, 0.2) is 0 Å². The quantitative estimate of drug-likeness (QED) is 0.784. The van der Waals surface area contributed by atoms with Gasteiger partial charge in [-0.25, -0.2) is 0 Å². The number of hydrogen-bond donors (Lipinski definition) is 0. The summed E-state index contributed by atoms with van der Waals surface area (Å²) in [5, 5.41) is 9.35. The smallest absolute Gasteiger partial charge is 0.123 e. The van der Waals surface area contributed by atoms with E-state index in [-0.39, 0.29) is 6.04 Å². The zero-order valence-electron chi connectivity index (χ0n) is 12.1. The molecular formula is C16H24N2. The van der Waals surface area contributed by atoms with Gasteiger partial charge in [-0.05, 0) is 30.0 Å². The zero-order chi connectivity index (χ0) is 13.7. The molecule has 0 amide bonds. The fraction of sp³-hybridized carbons (Fsp3) is 0.562. The Bertz CT molecular complexity index is 398. The molecule has 1 unspecified atom stereocenters. The van der Waals surface area contributed by atoms with Crippen molar-refractivity contribution in [3.8, 4) is 6.07 Å². The summed E-state index contributed by atoms with van der Waals surface area (Å²) < 4.78 is 0. The van der Waals surface area contributed by atoms with Crippen molar-refractivity contribution >= 4 is 0 Å². The first-order chi connectivity index (χ1) is 8.45. The zero-order valence-corrected chi connectivity index (χ0v) is 12.1. The van der Waals surface area contributed by atoms with Gasteiger partial charge in [0.2, 0.25) is 0 Å². The lowest BCUT2D eigenvalue weighted by molar-refractivity contribution is 0.259. The van der Waals surface area contributed by atoms with Gasteiger partial charge in [0, 0.05) is 6.54 Å². The Balaban J connectivity index is 2.86. The van der Waals surface area contributed by atoms with Crippen molar-refractivity contribution in [2.24, 2.45) is 5.92 Å². The molecule has 0 spiro atoms. The van der Waals surface area contributed by atoms with E-state index in [1.54, 1.807) is 0 Å². The van der Waals surface area contributed by atoms with Crippen molar-refractivity contribution < 1.29 is 0 Å². The molecule has 0 radical (unpaired) electrons. The molecule has 2 heteroatoms. The highest BCUT2D eigenvalue weighted by Crippen LogP contribution is 2.22. The van der Waals surface area contributed by atoms with E-state index in [1.165, 1.54) is 5.56 Å². The third kappa shape index (κ3) is 3.85. The van der Waals surface area contributed by atoms with E-state index in [0.717, 1.165) is 12.1 Å². The van der Waals surface area contributed by atoms with Crippen LogP contribution < -0.4 is 0 Å². The van der Waals surface area contributed by atoms with Crippen LogP contribution in [0.25, 0.3) is 0 Å².